The molecule has 76 valence electrons. The Morgan fingerprint density at radius 3 is 3.14 bits per heavy atom. The van der Waals surface area contributed by atoms with Gasteiger partial charge in [0, 0.05) is 24.9 Å². The second-order valence-electron chi connectivity index (χ2n) is 4.50. The first kappa shape index (κ1) is 8.48. The van der Waals surface area contributed by atoms with Gasteiger partial charge in [0.25, 0.3) is 0 Å². The number of aryl methyl sites for hydroxylation is 1. The number of hydrogen-bond donors (Lipinski definition) is 1. The third-order valence-electron chi connectivity index (χ3n) is 3.42. The van der Waals surface area contributed by atoms with Crippen molar-refractivity contribution in [3.8, 4) is 0 Å². The molecule has 0 atom stereocenters. The lowest BCUT2D eigenvalue weighted by Gasteiger charge is -2.27. The highest BCUT2D eigenvalue weighted by Gasteiger charge is 2.21. The first-order chi connectivity index (χ1) is 6.93. The molecular formula is C11H17N3. The number of hydrogen-bond acceptors (Lipinski definition) is 2. The zero-order chi connectivity index (χ0) is 9.38. The van der Waals surface area contributed by atoms with E-state index in [0.717, 1.165) is 5.92 Å². The molecule has 0 aliphatic carbocycles. The van der Waals surface area contributed by atoms with Crippen LogP contribution in [0.2, 0.25) is 0 Å². The SMILES string of the molecule is c1nc(CC2CNC2)n2c1CCCC2. The Balaban J connectivity index is 1.79. The summed E-state index contributed by atoms with van der Waals surface area (Å²) in [4.78, 5) is 4.55. The number of nitrogens with one attached hydrogen (secondary N) is 1. The summed E-state index contributed by atoms with van der Waals surface area (Å²) in [6, 6.07) is 0. The van der Waals surface area contributed by atoms with Crippen LogP contribution in [0.25, 0.3) is 0 Å². The van der Waals surface area contributed by atoms with E-state index in [1.165, 1.54) is 56.8 Å². The van der Waals surface area contributed by atoms with Gasteiger partial charge in [-0.3, -0.25) is 0 Å². The van der Waals surface area contributed by atoms with Crippen LogP contribution in [-0.4, -0.2) is 22.6 Å². The summed E-state index contributed by atoms with van der Waals surface area (Å²) in [6.45, 7) is 3.56. The minimum absolute atomic E-state index is 0.837. The Morgan fingerprint density at radius 1 is 1.43 bits per heavy atom. The maximum Gasteiger partial charge on any atom is 0.109 e. The van der Waals surface area contributed by atoms with E-state index in [-0.39, 0.29) is 0 Å². The molecule has 3 nitrogen and oxygen atoms in total. The van der Waals surface area contributed by atoms with Crippen molar-refractivity contribution in [3.05, 3.63) is 17.7 Å². The summed E-state index contributed by atoms with van der Waals surface area (Å²) < 4.78 is 2.45. The van der Waals surface area contributed by atoms with Crippen LogP contribution in [0.4, 0.5) is 0 Å². The summed E-state index contributed by atoms with van der Waals surface area (Å²) in [6.07, 6.45) is 7.17. The quantitative estimate of drug-likeness (QED) is 0.755. The molecule has 0 radical (unpaired) electrons. The smallest absolute Gasteiger partial charge is 0.109 e. The van der Waals surface area contributed by atoms with Gasteiger partial charge in [0.05, 0.1) is 0 Å². The Hall–Kier alpha value is -0.830. The standard InChI is InChI=1S/C11H17N3/c1-2-4-14-10(3-1)8-13-11(14)5-9-6-12-7-9/h8-9,12H,1-7H2. The molecule has 1 aromatic rings. The molecule has 0 bridgehead atoms. The van der Waals surface area contributed by atoms with E-state index < -0.39 is 0 Å². The molecule has 0 spiro atoms. The van der Waals surface area contributed by atoms with Gasteiger partial charge in [-0.05, 0) is 38.3 Å². The van der Waals surface area contributed by atoms with E-state index in [2.05, 4.69) is 21.1 Å². The van der Waals surface area contributed by atoms with Crippen molar-refractivity contribution in [1.29, 1.82) is 0 Å². The van der Waals surface area contributed by atoms with Gasteiger partial charge < -0.3 is 9.88 Å². The molecule has 1 saturated heterocycles. The van der Waals surface area contributed by atoms with Crippen LogP contribution in [0.5, 0.6) is 0 Å². The van der Waals surface area contributed by atoms with Crippen LogP contribution in [0, 0.1) is 5.92 Å². The molecule has 1 aromatic heterocycles. The van der Waals surface area contributed by atoms with Crippen LogP contribution >= 0.6 is 0 Å². The predicted molar refractivity (Wildman–Crippen MR) is 55.2 cm³/mol. The molecule has 1 fully saturated rings. The zero-order valence-corrected chi connectivity index (χ0v) is 8.50. The first-order valence-electron chi connectivity index (χ1n) is 5.67. The van der Waals surface area contributed by atoms with Gasteiger partial charge in [-0.15, -0.1) is 0 Å². The lowest BCUT2D eigenvalue weighted by molar-refractivity contribution is 0.334. The number of rotatable bonds is 2. The number of aromatic nitrogens is 2. The van der Waals surface area contributed by atoms with Gasteiger partial charge in [0.15, 0.2) is 0 Å². The molecule has 3 heterocycles. The molecule has 2 aliphatic rings. The van der Waals surface area contributed by atoms with Crippen molar-refractivity contribution in [2.24, 2.45) is 5.92 Å². The Kier molecular flexibility index (Phi) is 2.05. The fraction of sp³-hybridized carbons (Fsp3) is 0.727. The van der Waals surface area contributed by atoms with Gasteiger partial charge in [-0.1, -0.05) is 0 Å². The van der Waals surface area contributed by atoms with Crippen LogP contribution < -0.4 is 5.32 Å². The van der Waals surface area contributed by atoms with Crippen molar-refractivity contribution in [2.45, 2.75) is 32.2 Å². The minimum Gasteiger partial charge on any atom is -0.332 e. The molecule has 0 saturated carbocycles. The van der Waals surface area contributed by atoms with Crippen molar-refractivity contribution in [3.63, 3.8) is 0 Å². The van der Waals surface area contributed by atoms with Crippen molar-refractivity contribution < 1.29 is 0 Å². The summed E-state index contributed by atoms with van der Waals surface area (Å²) in [7, 11) is 0. The van der Waals surface area contributed by atoms with E-state index in [4.69, 9.17) is 0 Å². The third-order valence-corrected chi connectivity index (χ3v) is 3.42. The van der Waals surface area contributed by atoms with Gasteiger partial charge >= 0.3 is 0 Å². The monoisotopic (exact) mass is 191 g/mol. The second-order valence-corrected chi connectivity index (χ2v) is 4.50. The fourth-order valence-corrected chi connectivity index (χ4v) is 2.42. The van der Waals surface area contributed by atoms with Crippen LogP contribution in [0.3, 0.4) is 0 Å². The molecular weight excluding hydrogens is 174 g/mol. The average Bonchev–Trinajstić information content (AvgIpc) is 2.55. The molecule has 0 unspecified atom stereocenters. The van der Waals surface area contributed by atoms with Gasteiger partial charge in [-0.25, -0.2) is 4.98 Å². The fourth-order valence-electron chi connectivity index (χ4n) is 2.42. The number of imidazole rings is 1. The summed E-state index contributed by atoms with van der Waals surface area (Å²) in [5.41, 5.74) is 1.46. The second kappa shape index (κ2) is 3.39. The minimum atomic E-state index is 0.837. The van der Waals surface area contributed by atoms with E-state index >= 15 is 0 Å². The molecule has 1 N–H and O–H groups in total. The largest absolute Gasteiger partial charge is 0.332 e. The maximum absolute atomic E-state index is 4.55. The topological polar surface area (TPSA) is 29.9 Å². The Morgan fingerprint density at radius 2 is 2.36 bits per heavy atom. The van der Waals surface area contributed by atoms with Crippen LogP contribution in [0.1, 0.15) is 24.4 Å². The predicted octanol–water partition coefficient (Wildman–Crippen LogP) is 0.981. The first-order valence-corrected chi connectivity index (χ1v) is 5.67. The summed E-state index contributed by atoms with van der Waals surface area (Å²) in [5, 5.41) is 3.32. The summed E-state index contributed by atoms with van der Waals surface area (Å²) >= 11 is 0. The normalized spacial score (nSPS) is 21.7. The van der Waals surface area contributed by atoms with Gasteiger partial charge in [0.2, 0.25) is 0 Å². The average molecular weight is 191 g/mol. The Bertz CT molecular complexity index is 325. The molecule has 0 aromatic carbocycles. The van der Waals surface area contributed by atoms with E-state index in [1.54, 1.807) is 0 Å². The maximum atomic E-state index is 4.55. The summed E-state index contributed by atoms with van der Waals surface area (Å²) in [5.74, 6) is 2.16. The van der Waals surface area contributed by atoms with Gasteiger partial charge in [0.1, 0.15) is 5.82 Å². The lowest BCUT2D eigenvalue weighted by Crippen LogP contribution is -2.43. The van der Waals surface area contributed by atoms with E-state index in [9.17, 15) is 0 Å². The molecule has 3 heteroatoms. The molecule has 3 rings (SSSR count). The van der Waals surface area contributed by atoms with E-state index in [0.29, 0.717) is 0 Å². The molecule has 0 amide bonds. The van der Waals surface area contributed by atoms with Gasteiger partial charge in [-0.2, -0.15) is 0 Å². The number of nitrogens with zero attached hydrogens (tertiary/aromatic N) is 2. The highest BCUT2D eigenvalue weighted by molar-refractivity contribution is 5.09. The zero-order valence-electron chi connectivity index (χ0n) is 8.50. The van der Waals surface area contributed by atoms with Crippen molar-refractivity contribution >= 4 is 0 Å². The van der Waals surface area contributed by atoms with Crippen LogP contribution in [0.15, 0.2) is 6.20 Å². The highest BCUT2D eigenvalue weighted by atomic mass is 15.1. The van der Waals surface area contributed by atoms with Crippen molar-refractivity contribution in [2.75, 3.05) is 13.1 Å². The van der Waals surface area contributed by atoms with E-state index in [1.807, 2.05) is 0 Å². The third kappa shape index (κ3) is 1.36. The number of fused-ring (bicyclic) bond motifs is 1. The Labute approximate surface area is 84.5 Å². The molecule has 14 heavy (non-hydrogen) atoms. The van der Waals surface area contributed by atoms with Crippen molar-refractivity contribution in [1.82, 2.24) is 14.9 Å². The lowest BCUT2D eigenvalue weighted by atomic mass is 9.99. The highest BCUT2D eigenvalue weighted by Crippen LogP contribution is 2.19. The molecule has 2 aliphatic heterocycles. The van der Waals surface area contributed by atoms with Crippen LogP contribution in [-0.2, 0) is 19.4 Å².